The molecule has 28 heavy (non-hydrogen) atoms. The van der Waals surface area contributed by atoms with E-state index in [0.717, 1.165) is 32.9 Å². The molecule has 1 aliphatic rings. The van der Waals surface area contributed by atoms with Gasteiger partial charge in [0.15, 0.2) is 16.6 Å². The van der Waals surface area contributed by atoms with E-state index in [0.29, 0.717) is 25.3 Å². The lowest BCUT2D eigenvalue weighted by Crippen LogP contribution is -2.18. The summed E-state index contributed by atoms with van der Waals surface area (Å²) in [7, 11) is 0. The van der Waals surface area contributed by atoms with Crippen LogP contribution in [0.15, 0.2) is 47.5 Å². The summed E-state index contributed by atoms with van der Waals surface area (Å²) in [6, 6.07) is 15.8. The molecule has 4 rings (SSSR count). The summed E-state index contributed by atoms with van der Waals surface area (Å²) < 4.78 is 11.4. The minimum absolute atomic E-state index is 0.568. The first-order valence-electron chi connectivity index (χ1n) is 8.85. The van der Waals surface area contributed by atoms with Gasteiger partial charge in [0, 0.05) is 10.6 Å². The minimum atomic E-state index is 0.568. The molecule has 0 atom stereocenters. The number of benzene rings is 2. The Morgan fingerprint density at radius 2 is 1.89 bits per heavy atom. The summed E-state index contributed by atoms with van der Waals surface area (Å²) in [5.41, 5.74) is 2.74. The zero-order valence-electron chi connectivity index (χ0n) is 15.6. The first-order chi connectivity index (χ1) is 13.7. The average molecular weight is 410 g/mol. The number of fused-ring (bicyclic) bond motifs is 1. The molecule has 2 heterocycles. The third-order valence-electron chi connectivity index (χ3n) is 4.42. The van der Waals surface area contributed by atoms with Gasteiger partial charge in [0.05, 0.1) is 18.2 Å². The summed E-state index contributed by atoms with van der Waals surface area (Å²) in [6.45, 7) is 3.88. The first kappa shape index (κ1) is 18.7. The highest BCUT2D eigenvalue weighted by Crippen LogP contribution is 2.37. The number of aromatic nitrogens is 1. The van der Waals surface area contributed by atoms with Gasteiger partial charge < -0.3 is 14.4 Å². The third kappa shape index (κ3) is 3.79. The van der Waals surface area contributed by atoms with Gasteiger partial charge in [-0.3, -0.25) is 0 Å². The maximum absolute atomic E-state index is 9.10. The fraction of sp³-hybridized carbons (Fsp3) is 0.238. The summed E-state index contributed by atoms with van der Waals surface area (Å²) >= 11 is 3.33. The van der Waals surface area contributed by atoms with Gasteiger partial charge in [-0.1, -0.05) is 6.07 Å². The lowest BCUT2D eigenvalue weighted by atomic mass is 10.1. The normalized spacial score (nSPS) is 12.5. The van der Waals surface area contributed by atoms with E-state index in [1.54, 1.807) is 23.1 Å². The van der Waals surface area contributed by atoms with Crippen LogP contribution in [0.3, 0.4) is 0 Å². The maximum Gasteiger partial charge on any atom is 0.191 e. The molecule has 3 aromatic rings. The van der Waals surface area contributed by atoms with Crippen LogP contribution in [-0.2, 0) is 6.54 Å². The molecule has 0 unspecified atom stereocenters. The summed E-state index contributed by atoms with van der Waals surface area (Å²) in [5.74, 6) is 1.57. The van der Waals surface area contributed by atoms with Crippen LogP contribution in [0, 0.1) is 18.3 Å². The first-order valence-corrected chi connectivity index (χ1v) is 10.9. The van der Waals surface area contributed by atoms with Gasteiger partial charge in [-0.05, 0) is 55.1 Å². The van der Waals surface area contributed by atoms with Crippen LogP contribution in [-0.4, -0.2) is 24.5 Å². The highest BCUT2D eigenvalue weighted by Gasteiger charge is 2.18. The number of rotatable bonds is 5. The topological polar surface area (TPSA) is 58.4 Å². The number of nitrogens with zero attached hydrogens (tertiary/aromatic N) is 3. The van der Waals surface area contributed by atoms with Crippen LogP contribution in [0.1, 0.15) is 16.0 Å². The molecule has 1 aromatic heterocycles. The van der Waals surface area contributed by atoms with E-state index in [1.807, 2.05) is 42.7 Å². The van der Waals surface area contributed by atoms with Crippen molar-refractivity contribution < 1.29 is 9.47 Å². The Balaban J connectivity index is 1.70. The van der Waals surface area contributed by atoms with Crippen molar-refractivity contribution in [3.05, 3.63) is 58.5 Å². The Hall–Kier alpha value is -2.69. The van der Waals surface area contributed by atoms with Crippen molar-refractivity contribution in [1.82, 2.24) is 4.98 Å². The number of anilines is 2. The van der Waals surface area contributed by atoms with Crippen LogP contribution in [0.2, 0.25) is 0 Å². The van der Waals surface area contributed by atoms with Gasteiger partial charge in [0.1, 0.15) is 18.2 Å². The fourth-order valence-electron chi connectivity index (χ4n) is 3.03. The molecule has 142 valence electrons. The predicted octanol–water partition coefficient (Wildman–Crippen LogP) is 5.15. The van der Waals surface area contributed by atoms with Gasteiger partial charge in [-0.25, -0.2) is 4.98 Å². The fourth-order valence-corrected chi connectivity index (χ4v) is 4.75. The highest BCUT2D eigenvalue weighted by molar-refractivity contribution is 7.98. The number of thioether (sulfide) groups is 1. The molecule has 0 bridgehead atoms. The predicted molar refractivity (Wildman–Crippen MR) is 113 cm³/mol. The van der Waals surface area contributed by atoms with Crippen LogP contribution in [0.4, 0.5) is 10.8 Å². The zero-order chi connectivity index (χ0) is 19.5. The summed E-state index contributed by atoms with van der Waals surface area (Å²) in [5, 5.41) is 11.1. The van der Waals surface area contributed by atoms with E-state index in [2.05, 4.69) is 24.0 Å². The van der Waals surface area contributed by atoms with Crippen LogP contribution in [0.25, 0.3) is 0 Å². The highest BCUT2D eigenvalue weighted by atomic mass is 32.2. The Labute approximate surface area is 172 Å². The Bertz CT molecular complexity index is 1030. The van der Waals surface area contributed by atoms with Crippen LogP contribution >= 0.6 is 23.1 Å². The molecule has 0 N–H and O–H groups in total. The molecular formula is C21H19N3O2S2. The second-order valence-corrected chi connectivity index (χ2v) is 8.26. The quantitative estimate of drug-likeness (QED) is 0.543. The van der Waals surface area contributed by atoms with Crippen LogP contribution < -0.4 is 14.4 Å². The minimum Gasteiger partial charge on any atom is -0.486 e. The number of hydrogen-bond donors (Lipinski definition) is 0. The van der Waals surface area contributed by atoms with Crippen molar-refractivity contribution in [3.63, 3.8) is 0 Å². The van der Waals surface area contributed by atoms with Crippen molar-refractivity contribution >= 4 is 33.9 Å². The van der Waals surface area contributed by atoms with Crippen molar-refractivity contribution in [2.24, 2.45) is 0 Å². The van der Waals surface area contributed by atoms with Crippen molar-refractivity contribution in [3.8, 4) is 17.6 Å². The molecule has 0 saturated carbocycles. The van der Waals surface area contributed by atoms with E-state index >= 15 is 0 Å². The van der Waals surface area contributed by atoms with Gasteiger partial charge in [-0.2, -0.15) is 5.26 Å². The van der Waals surface area contributed by atoms with E-state index in [1.165, 1.54) is 4.88 Å². The molecular weight excluding hydrogens is 390 g/mol. The largest absolute Gasteiger partial charge is 0.486 e. The Morgan fingerprint density at radius 1 is 1.14 bits per heavy atom. The van der Waals surface area contributed by atoms with E-state index in [9.17, 15) is 0 Å². The van der Waals surface area contributed by atoms with Crippen molar-refractivity contribution in [1.29, 1.82) is 5.26 Å². The summed E-state index contributed by atoms with van der Waals surface area (Å²) in [4.78, 5) is 8.19. The van der Waals surface area contributed by atoms with E-state index in [4.69, 9.17) is 19.7 Å². The zero-order valence-corrected chi connectivity index (χ0v) is 17.3. The SMILES string of the molecule is CSc1nc(N(Cc2ccc3c(c2)OCCO3)c2ccc(C#N)cc2)sc1C. The molecule has 0 saturated heterocycles. The lowest BCUT2D eigenvalue weighted by molar-refractivity contribution is 0.171. The van der Waals surface area contributed by atoms with Gasteiger partial charge in [0.25, 0.3) is 0 Å². The van der Waals surface area contributed by atoms with Crippen molar-refractivity contribution in [2.75, 3.05) is 24.4 Å². The molecule has 0 fully saturated rings. The Kier molecular flexibility index (Phi) is 5.42. The Morgan fingerprint density at radius 3 is 2.57 bits per heavy atom. The number of hydrogen-bond acceptors (Lipinski definition) is 7. The number of nitriles is 1. The summed E-state index contributed by atoms with van der Waals surface area (Å²) in [6.07, 6.45) is 2.04. The molecule has 0 spiro atoms. The molecule has 0 amide bonds. The van der Waals surface area contributed by atoms with E-state index in [-0.39, 0.29) is 0 Å². The number of aryl methyl sites for hydroxylation is 1. The van der Waals surface area contributed by atoms with Crippen molar-refractivity contribution in [2.45, 2.75) is 18.5 Å². The molecule has 0 radical (unpaired) electrons. The smallest absolute Gasteiger partial charge is 0.191 e. The molecule has 7 heteroatoms. The second kappa shape index (κ2) is 8.13. The lowest BCUT2D eigenvalue weighted by Gasteiger charge is -2.24. The third-order valence-corrected chi connectivity index (χ3v) is 6.33. The number of ether oxygens (including phenoxy) is 2. The maximum atomic E-state index is 9.10. The van der Waals surface area contributed by atoms with Gasteiger partial charge in [-0.15, -0.1) is 23.1 Å². The van der Waals surface area contributed by atoms with Gasteiger partial charge in [0.2, 0.25) is 0 Å². The monoisotopic (exact) mass is 409 g/mol. The number of thiazole rings is 1. The molecule has 5 nitrogen and oxygen atoms in total. The van der Waals surface area contributed by atoms with E-state index < -0.39 is 0 Å². The molecule has 1 aliphatic heterocycles. The average Bonchev–Trinajstić information content (AvgIpc) is 3.12. The second-order valence-electron chi connectivity index (χ2n) is 6.28. The molecule has 0 aliphatic carbocycles. The van der Waals surface area contributed by atoms with Gasteiger partial charge >= 0.3 is 0 Å². The standard InChI is InChI=1S/C21H19N3O2S2/c1-14-20(27-2)23-21(28-14)24(17-6-3-15(12-22)4-7-17)13-16-5-8-18-19(11-16)26-10-9-25-18/h3-8,11H,9-10,13H2,1-2H3. The van der Waals surface area contributed by atoms with Crippen LogP contribution in [0.5, 0.6) is 11.5 Å². The molecule has 2 aromatic carbocycles.